The predicted molar refractivity (Wildman–Crippen MR) is 105 cm³/mol. The van der Waals surface area contributed by atoms with Gasteiger partial charge in [-0.25, -0.2) is 0 Å². The Morgan fingerprint density at radius 1 is 1.11 bits per heavy atom. The van der Waals surface area contributed by atoms with Crippen molar-refractivity contribution in [2.24, 2.45) is 11.7 Å². The minimum absolute atomic E-state index is 0.123. The Kier molecular flexibility index (Phi) is 5.93. The molecule has 4 N–H and O–H groups in total. The van der Waals surface area contributed by atoms with E-state index in [4.69, 9.17) is 10.5 Å². The van der Waals surface area contributed by atoms with Gasteiger partial charge in [0.15, 0.2) is 0 Å². The summed E-state index contributed by atoms with van der Waals surface area (Å²) in [4.78, 5) is 35.9. The van der Waals surface area contributed by atoms with Crippen LogP contribution in [0.4, 0.5) is 5.69 Å². The molecule has 1 fully saturated rings. The van der Waals surface area contributed by atoms with Crippen molar-refractivity contribution in [1.29, 1.82) is 0 Å². The number of nitrogens with one attached hydrogen (secondary N) is 2. The summed E-state index contributed by atoms with van der Waals surface area (Å²) in [5.41, 5.74) is 6.86. The number of anilines is 1. The molecule has 1 unspecified atom stereocenters. The summed E-state index contributed by atoms with van der Waals surface area (Å²) in [6.07, 6.45) is 2.67. The van der Waals surface area contributed by atoms with Crippen LogP contribution in [0.3, 0.4) is 0 Å². The Bertz CT molecular complexity index is 893. The maximum Gasteiger partial charge on any atom is 0.313 e. The summed E-state index contributed by atoms with van der Waals surface area (Å²) in [5, 5.41) is 5.34. The van der Waals surface area contributed by atoms with Crippen molar-refractivity contribution in [1.82, 2.24) is 5.32 Å². The highest BCUT2D eigenvalue weighted by Crippen LogP contribution is 2.34. The topological polar surface area (TPSA) is 111 Å². The molecule has 2 aromatic rings. The monoisotopic (exact) mass is 381 g/mol. The molecule has 0 spiro atoms. The van der Waals surface area contributed by atoms with Gasteiger partial charge in [0, 0.05) is 17.3 Å². The van der Waals surface area contributed by atoms with Crippen LogP contribution in [0.1, 0.15) is 28.8 Å². The molecule has 28 heavy (non-hydrogen) atoms. The van der Waals surface area contributed by atoms with Gasteiger partial charge in [-0.05, 0) is 61.1 Å². The molecule has 3 amide bonds. The summed E-state index contributed by atoms with van der Waals surface area (Å²) in [6.45, 7) is 0. The fourth-order valence-corrected chi connectivity index (χ4v) is 3.06. The number of carbonyl (C=O) groups is 3. The van der Waals surface area contributed by atoms with E-state index in [0.29, 0.717) is 18.0 Å². The van der Waals surface area contributed by atoms with Gasteiger partial charge in [-0.3, -0.25) is 14.4 Å². The lowest BCUT2D eigenvalue weighted by Crippen LogP contribution is -2.44. The normalized spacial score (nSPS) is 14.0. The van der Waals surface area contributed by atoms with Crippen LogP contribution >= 0.6 is 0 Å². The first-order valence-electron chi connectivity index (χ1n) is 9.11. The van der Waals surface area contributed by atoms with Crippen LogP contribution in [0.15, 0.2) is 48.5 Å². The van der Waals surface area contributed by atoms with Crippen LogP contribution in [0, 0.1) is 5.92 Å². The molecule has 0 heterocycles. The zero-order valence-corrected chi connectivity index (χ0v) is 15.6. The average molecular weight is 381 g/mol. The van der Waals surface area contributed by atoms with Crippen molar-refractivity contribution in [3.05, 3.63) is 59.7 Å². The number of hydrogen-bond donors (Lipinski definition) is 3. The third kappa shape index (κ3) is 5.09. The molecule has 2 aromatic carbocycles. The number of ether oxygens (including phenoxy) is 1. The van der Waals surface area contributed by atoms with Crippen molar-refractivity contribution in [2.75, 3.05) is 12.4 Å². The molecule has 0 radical (unpaired) electrons. The maximum atomic E-state index is 12.4. The zero-order chi connectivity index (χ0) is 20.1. The van der Waals surface area contributed by atoms with Crippen LogP contribution < -0.4 is 21.1 Å². The SMILES string of the molecule is COc1cccc(CC(NC(=O)C(=O)Nc2cccc(C(N)=O)c2)C2CC2)c1. The Labute approximate surface area is 163 Å². The van der Waals surface area contributed by atoms with E-state index < -0.39 is 17.7 Å². The smallest absolute Gasteiger partial charge is 0.313 e. The first-order chi connectivity index (χ1) is 13.5. The molecular weight excluding hydrogens is 358 g/mol. The molecule has 7 nitrogen and oxygen atoms in total. The molecule has 1 aliphatic carbocycles. The highest BCUT2D eigenvalue weighted by molar-refractivity contribution is 6.39. The maximum absolute atomic E-state index is 12.4. The fraction of sp³-hybridized carbons (Fsp3) is 0.286. The number of benzene rings is 2. The number of hydrogen-bond acceptors (Lipinski definition) is 4. The molecule has 1 saturated carbocycles. The Morgan fingerprint density at radius 2 is 1.86 bits per heavy atom. The summed E-state index contributed by atoms with van der Waals surface area (Å²) in [6, 6.07) is 13.7. The molecule has 0 bridgehead atoms. The number of methoxy groups -OCH3 is 1. The number of amides is 3. The Morgan fingerprint density at radius 3 is 2.54 bits per heavy atom. The van der Waals surface area contributed by atoms with Crippen molar-refractivity contribution in [3.8, 4) is 5.75 Å². The first-order valence-corrected chi connectivity index (χ1v) is 9.11. The van der Waals surface area contributed by atoms with E-state index in [0.717, 1.165) is 24.2 Å². The van der Waals surface area contributed by atoms with E-state index in [1.165, 1.54) is 12.1 Å². The summed E-state index contributed by atoms with van der Waals surface area (Å²) in [5.74, 6) is -0.971. The third-order valence-electron chi connectivity index (χ3n) is 4.71. The summed E-state index contributed by atoms with van der Waals surface area (Å²) < 4.78 is 5.24. The van der Waals surface area contributed by atoms with E-state index in [-0.39, 0.29) is 11.6 Å². The van der Waals surface area contributed by atoms with Crippen LogP contribution in [-0.4, -0.2) is 30.9 Å². The van der Waals surface area contributed by atoms with Gasteiger partial charge in [0.1, 0.15) is 5.75 Å². The molecule has 1 atom stereocenters. The van der Waals surface area contributed by atoms with E-state index in [9.17, 15) is 14.4 Å². The molecule has 1 aliphatic rings. The van der Waals surface area contributed by atoms with E-state index in [2.05, 4.69) is 10.6 Å². The van der Waals surface area contributed by atoms with Gasteiger partial charge in [0.05, 0.1) is 7.11 Å². The van der Waals surface area contributed by atoms with Crippen LogP contribution in [0.5, 0.6) is 5.75 Å². The fourth-order valence-electron chi connectivity index (χ4n) is 3.06. The second-order valence-electron chi connectivity index (χ2n) is 6.87. The van der Waals surface area contributed by atoms with Gasteiger partial charge in [-0.2, -0.15) is 0 Å². The number of carbonyl (C=O) groups excluding carboxylic acids is 3. The van der Waals surface area contributed by atoms with Crippen LogP contribution in [-0.2, 0) is 16.0 Å². The van der Waals surface area contributed by atoms with Gasteiger partial charge >= 0.3 is 11.8 Å². The highest BCUT2D eigenvalue weighted by atomic mass is 16.5. The quantitative estimate of drug-likeness (QED) is 0.636. The van der Waals surface area contributed by atoms with Crippen molar-refractivity contribution < 1.29 is 19.1 Å². The molecule has 146 valence electrons. The first kappa shape index (κ1) is 19.4. The minimum atomic E-state index is -0.780. The van der Waals surface area contributed by atoms with Gasteiger partial charge in [-0.1, -0.05) is 18.2 Å². The molecule has 0 saturated heterocycles. The number of rotatable bonds is 7. The van der Waals surface area contributed by atoms with Crippen molar-refractivity contribution in [3.63, 3.8) is 0 Å². The van der Waals surface area contributed by atoms with E-state index in [1.807, 2.05) is 24.3 Å². The molecule has 7 heteroatoms. The second kappa shape index (κ2) is 8.56. The Hall–Kier alpha value is -3.35. The van der Waals surface area contributed by atoms with Crippen molar-refractivity contribution in [2.45, 2.75) is 25.3 Å². The van der Waals surface area contributed by atoms with E-state index >= 15 is 0 Å². The third-order valence-corrected chi connectivity index (χ3v) is 4.71. The molecule has 0 aromatic heterocycles. The van der Waals surface area contributed by atoms with Gasteiger partial charge in [0.25, 0.3) is 0 Å². The summed E-state index contributed by atoms with van der Waals surface area (Å²) >= 11 is 0. The van der Waals surface area contributed by atoms with Gasteiger partial charge < -0.3 is 21.1 Å². The highest BCUT2D eigenvalue weighted by Gasteiger charge is 2.33. The second-order valence-corrected chi connectivity index (χ2v) is 6.87. The minimum Gasteiger partial charge on any atom is -0.497 e. The number of primary amides is 1. The lowest BCUT2D eigenvalue weighted by Gasteiger charge is -2.18. The van der Waals surface area contributed by atoms with E-state index in [1.54, 1.807) is 19.2 Å². The standard InChI is InChI=1S/C21H23N3O4/c1-28-17-7-2-4-13(10-17)11-18(14-8-9-14)24-21(27)20(26)23-16-6-3-5-15(12-16)19(22)25/h2-7,10,12,14,18H,8-9,11H2,1H3,(H2,22,25)(H,23,26)(H,24,27). The van der Waals surface area contributed by atoms with Crippen LogP contribution in [0.2, 0.25) is 0 Å². The number of nitrogens with two attached hydrogens (primary N) is 1. The molecule has 3 rings (SSSR count). The Balaban J connectivity index is 1.63. The summed E-state index contributed by atoms with van der Waals surface area (Å²) in [7, 11) is 1.61. The average Bonchev–Trinajstić information content (AvgIpc) is 3.53. The van der Waals surface area contributed by atoms with Gasteiger partial charge in [0.2, 0.25) is 5.91 Å². The molecule has 0 aliphatic heterocycles. The van der Waals surface area contributed by atoms with Crippen molar-refractivity contribution >= 4 is 23.4 Å². The molecular formula is C21H23N3O4. The largest absolute Gasteiger partial charge is 0.497 e. The zero-order valence-electron chi connectivity index (χ0n) is 15.6. The lowest BCUT2D eigenvalue weighted by molar-refractivity contribution is -0.136. The van der Waals surface area contributed by atoms with Crippen LogP contribution in [0.25, 0.3) is 0 Å². The van der Waals surface area contributed by atoms with Gasteiger partial charge in [-0.15, -0.1) is 0 Å². The predicted octanol–water partition coefficient (Wildman–Crippen LogP) is 1.87. The lowest BCUT2D eigenvalue weighted by atomic mass is 10.0.